The fourth-order valence-electron chi connectivity index (χ4n) is 3.70. The molecular weight excluding hydrogens is 568 g/mol. The lowest BCUT2D eigenvalue weighted by atomic mass is 9.95. The number of aliphatic hydroxyl groups excluding tert-OH is 1. The van der Waals surface area contributed by atoms with Crippen LogP contribution in [0.3, 0.4) is 0 Å². The second-order valence-electron chi connectivity index (χ2n) is 10.2. The topological polar surface area (TPSA) is 102 Å². The van der Waals surface area contributed by atoms with E-state index in [1.807, 2.05) is 27.0 Å². The minimum Gasteiger partial charge on any atom is -0.491 e. The Kier molecular flexibility index (Phi) is 9.73. The molecule has 1 aromatic carbocycles. The number of alkyl halides is 6. The maximum absolute atomic E-state index is 13.5. The molecule has 0 bridgehead atoms. The molecule has 0 radical (unpaired) electrons. The number of aliphatic hydroxyl groups is 1. The van der Waals surface area contributed by atoms with Crippen molar-refractivity contribution in [3.63, 3.8) is 0 Å². The highest BCUT2D eigenvalue weighted by atomic mass is 32.1. The number of rotatable bonds is 8. The molecule has 0 saturated carbocycles. The van der Waals surface area contributed by atoms with Crippen LogP contribution in [0.4, 0.5) is 26.3 Å². The van der Waals surface area contributed by atoms with Crippen LogP contribution in [0.15, 0.2) is 29.4 Å². The quantitative estimate of drug-likeness (QED) is 0.445. The number of aromatic nitrogens is 1. The Labute approximate surface area is 229 Å². The van der Waals surface area contributed by atoms with Crippen LogP contribution < -0.4 is 14.9 Å². The van der Waals surface area contributed by atoms with Gasteiger partial charge in [-0.05, 0) is 36.5 Å². The average molecular weight is 598 g/mol. The number of hydrogen-bond acceptors (Lipinski definition) is 6. The number of carbonyl (C=O) groups is 2. The minimum atomic E-state index is -5.23. The van der Waals surface area contributed by atoms with Crippen LogP contribution in [0.25, 0.3) is 0 Å². The van der Waals surface area contributed by atoms with Crippen molar-refractivity contribution in [2.24, 2.45) is 4.99 Å². The number of ether oxygens (including phenoxy) is 2. The van der Waals surface area contributed by atoms with Gasteiger partial charge in [0.15, 0.2) is 4.80 Å². The minimum absolute atomic E-state index is 0.119. The van der Waals surface area contributed by atoms with E-state index < -0.39 is 60.3 Å². The van der Waals surface area contributed by atoms with Gasteiger partial charge in [0.1, 0.15) is 12.4 Å². The Hall–Kier alpha value is -2.91. The summed E-state index contributed by atoms with van der Waals surface area (Å²) in [4.78, 5) is 29.6. The second kappa shape index (κ2) is 12.3. The normalized spacial score (nSPS) is 17.6. The van der Waals surface area contributed by atoms with Gasteiger partial charge in [-0.3, -0.25) is 9.59 Å². The van der Waals surface area contributed by atoms with Crippen LogP contribution in [0.5, 0.6) is 5.75 Å². The SMILES string of the molecule is CC(C)(C)c1cn(C[C@H]2CCCO2)/c(=N/C(=O)c2cc(C(F)(F)F)ccc2OC[C@@H](CO)NC(=O)C(F)(F)F)s1. The number of benzene rings is 1. The molecule has 2 N–H and O–H groups in total. The molecule has 1 saturated heterocycles. The zero-order valence-electron chi connectivity index (χ0n) is 21.9. The molecule has 2 heterocycles. The van der Waals surface area contributed by atoms with Gasteiger partial charge in [-0.2, -0.15) is 31.3 Å². The van der Waals surface area contributed by atoms with Crippen LogP contribution in [0, 0.1) is 0 Å². The lowest BCUT2D eigenvalue weighted by molar-refractivity contribution is -0.174. The molecule has 1 fully saturated rings. The van der Waals surface area contributed by atoms with Gasteiger partial charge in [0.05, 0.1) is 36.4 Å². The first-order valence-electron chi connectivity index (χ1n) is 12.2. The molecule has 0 aliphatic carbocycles. The molecule has 2 atom stereocenters. The smallest absolute Gasteiger partial charge is 0.471 e. The third-order valence-electron chi connectivity index (χ3n) is 5.87. The highest BCUT2D eigenvalue weighted by molar-refractivity contribution is 7.09. The summed E-state index contributed by atoms with van der Waals surface area (Å²) >= 11 is 1.19. The van der Waals surface area contributed by atoms with Gasteiger partial charge >= 0.3 is 18.3 Å². The van der Waals surface area contributed by atoms with E-state index in [1.165, 1.54) is 16.7 Å². The standard InChI is InChI=1S/C25H29F6N3O5S/c1-23(2,3)19-11-34(10-16-5-4-8-38-16)22(40-19)33-20(36)17-9-14(24(26,27)28)6-7-18(17)39-13-15(12-35)32-21(37)25(29,30)31/h6-7,9,11,15-16,35H,4-5,8,10,12-13H2,1-3H3,(H,32,37)/b33-22-/t15-,16-/m1/s1. The van der Waals surface area contributed by atoms with E-state index in [0.717, 1.165) is 23.8 Å². The van der Waals surface area contributed by atoms with Crippen molar-refractivity contribution in [1.82, 2.24) is 9.88 Å². The fraction of sp³-hybridized carbons (Fsp3) is 0.560. The van der Waals surface area contributed by atoms with Crippen LogP contribution in [0.2, 0.25) is 0 Å². The molecule has 1 aliphatic rings. The molecule has 15 heteroatoms. The molecule has 8 nitrogen and oxygen atoms in total. The summed E-state index contributed by atoms with van der Waals surface area (Å²) < 4.78 is 90.8. The van der Waals surface area contributed by atoms with E-state index in [0.29, 0.717) is 25.3 Å². The first-order chi connectivity index (χ1) is 18.5. The lowest BCUT2D eigenvalue weighted by Gasteiger charge is -2.19. The lowest BCUT2D eigenvalue weighted by Crippen LogP contribution is -2.47. The number of nitrogens with zero attached hydrogens (tertiary/aromatic N) is 2. The molecule has 3 rings (SSSR count). The fourth-order valence-corrected chi connectivity index (χ4v) is 4.75. The summed E-state index contributed by atoms with van der Waals surface area (Å²) in [6.07, 6.45) is -6.68. The Bertz CT molecular complexity index is 1270. The highest BCUT2D eigenvalue weighted by Gasteiger charge is 2.40. The Morgan fingerprint density at radius 3 is 2.48 bits per heavy atom. The summed E-state index contributed by atoms with van der Waals surface area (Å²) in [7, 11) is 0. The van der Waals surface area contributed by atoms with Crippen molar-refractivity contribution < 1.29 is 50.5 Å². The third kappa shape index (κ3) is 8.30. The summed E-state index contributed by atoms with van der Waals surface area (Å²) in [6, 6.07) is 0.443. The molecule has 40 heavy (non-hydrogen) atoms. The largest absolute Gasteiger partial charge is 0.491 e. The Morgan fingerprint density at radius 2 is 1.93 bits per heavy atom. The van der Waals surface area contributed by atoms with E-state index in [2.05, 4.69) is 4.99 Å². The number of nitrogens with one attached hydrogen (secondary N) is 1. The van der Waals surface area contributed by atoms with Crippen LogP contribution in [-0.4, -0.2) is 59.6 Å². The van der Waals surface area contributed by atoms with E-state index in [9.17, 15) is 41.0 Å². The van der Waals surface area contributed by atoms with E-state index in [1.54, 1.807) is 4.57 Å². The second-order valence-corrected chi connectivity index (χ2v) is 11.2. The van der Waals surface area contributed by atoms with Crippen molar-refractivity contribution in [1.29, 1.82) is 0 Å². The van der Waals surface area contributed by atoms with Crippen molar-refractivity contribution in [2.75, 3.05) is 19.8 Å². The molecule has 222 valence electrons. The van der Waals surface area contributed by atoms with Crippen LogP contribution in [0.1, 0.15) is 54.4 Å². The molecule has 1 aromatic heterocycles. The first-order valence-corrected chi connectivity index (χ1v) is 13.0. The molecular formula is C25H29F6N3O5S. The Balaban J connectivity index is 1.98. The predicted molar refractivity (Wildman–Crippen MR) is 132 cm³/mol. The maximum atomic E-state index is 13.5. The summed E-state index contributed by atoms with van der Waals surface area (Å²) in [5.41, 5.74) is -2.08. The zero-order valence-corrected chi connectivity index (χ0v) is 22.7. The summed E-state index contributed by atoms with van der Waals surface area (Å²) in [5.74, 6) is -3.83. The van der Waals surface area contributed by atoms with Crippen LogP contribution >= 0.6 is 11.3 Å². The molecule has 2 amide bonds. The van der Waals surface area contributed by atoms with E-state index >= 15 is 0 Å². The van der Waals surface area contributed by atoms with Crippen molar-refractivity contribution in [2.45, 2.75) is 70.1 Å². The molecule has 0 unspecified atom stereocenters. The van der Waals surface area contributed by atoms with Crippen molar-refractivity contribution in [3.05, 3.63) is 45.2 Å². The number of halogens is 6. The molecule has 0 spiro atoms. The van der Waals surface area contributed by atoms with E-state index in [4.69, 9.17) is 9.47 Å². The van der Waals surface area contributed by atoms with Crippen molar-refractivity contribution >= 4 is 23.2 Å². The van der Waals surface area contributed by atoms with Gasteiger partial charge in [0, 0.05) is 17.7 Å². The van der Waals surface area contributed by atoms with Gasteiger partial charge in [0.2, 0.25) is 0 Å². The van der Waals surface area contributed by atoms with Crippen molar-refractivity contribution in [3.8, 4) is 5.75 Å². The van der Waals surface area contributed by atoms with Crippen LogP contribution in [-0.2, 0) is 27.7 Å². The molecule has 1 aliphatic heterocycles. The monoisotopic (exact) mass is 597 g/mol. The summed E-state index contributed by atoms with van der Waals surface area (Å²) in [6.45, 7) is 5.09. The van der Waals surface area contributed by atoms with Gasteiger partial charge in [-0.25, -0.2) is 0 Å². The van der Waals surface area contributed by atoms with Gasteiger partial charge in [-0.1, -0.05) is 20.8 Å². The van der Waals surface area contributed by atoms with E-state index in [-0.39, 0.29) is 16.3 Å². The third-order valence-corrected chi connectivity index (χ3v) is 7.32. The van der Waals surface area contributed by atoms with Gasteiger partial charge in [-0.15, -0.1) is 11.3 Å². The predicted octanol–water partition coefficient (Wildman–Crippen LogP) is 4.20. The molecule has 2 aromatic rings. The van der Waals surface area contributed by atoms with Gasteiger partial charge in [0.25, 0.3) is 5.91 Å². The number of amides is 2. The average Bonchev–Trinajstić information content (AvgIpc) is 3.50. The highest BCUT2D eigenvalue weighted by Crippen LogP contribution is 2.33. The first kappa shape index (κ1) is 31.6. The zero-order chi connectivity index (χ0) is 29.9. The Morgan fingerprint density at radius 1 is 1.23 bits per heavy atom. The number of hydrogen-bond donors (Lipinski definition) is 2. The summed E-state index contributed by atoms with van der Waals surface area (Å²) in [5, 5.41) is 10.9. The van der Waals surface area contributed by atoms with Gasteiger partial charge < -0.3 is 24.5 Å². The number of carbonyl (C=O) groups excluding carboxylic acids is 2. The number of thiazole rings is 1. The maximum Gasteiger partial charge on any atom is 0.471 e.